The molecule has 0 spiro atoms. The van der Waals surface area contributed by atoms with Crippen LogP contribution in [0.1, 0.15) is 6.92 Å². The van der Waals surface area contributed by atoms with Crippen molar-refractivity contribution in [3.05, 3.63) is 12.7 Å². The maximum atomic E-state index is 11.3. The van der Waals surface area contributed by atoms with Crippen molar-refractivity contribution in [3.63, 3.8) is 0 Å². The quantitative estimate of drug-likeness (QED) is 0.501. The molecule has 92 valence electrons. The highest BCUT2D eigenvalue weighted by Gasteiger charge is 2.44. The zero-order valence-corrected chi connectivity index (χ0v) is 9.28. The third-order valence-corrected chi connectivity index (χ3v) is 2.73. The summed E-state index contributed by atoms with van der Waals surface area (Å²) in [5.41, 5.74) is 0. The summed E-state index contributed by atoms with van der Waals surface area (Å²) in [5.74, 6) is -0.431. The normalized spacial score (nSPS) is 39.2. The smallest absolute Gasteiger partial charge is 0.247 e. The zero-order valence-electron chi connectivity index (χ0n) is 9.28. The van der Waals surface area contributed by atoms with Gasteiger partial charge in [-0.1, -0.05) is 6.58 Å². The van der Waals surface area contributed by atoms with E-state index in [1.54, 1.807) is 6.92 Å². The highest BCUT2D eigenvalue weighted by molar-refractivity contribution is 5.86. The van der Waals surface area contributed by atoms with E-state index >= 15 is 0 Å². The lowest BCUT2D eigenvalue weighted by atomic mass is 9.98. The maximum absolute atomic E-state index is 11.3. The minimum atomic E-state index is -1.35. The first kappa shape index (κ1) is 13.1. The van der Waals surface area contributed by atoms with Crippen LogP contribution in [0, 0.1) is 0 Å². The van der Waals surface area contributed by atoms with Gasteiger partial charge in [0.2, 0.25) is 5.91 Å². The predicted molar refractivity (Wildman–Crippen MR) is 55.3 cm³/mol. The van der Waals surface area contributed by atoms with Crippen LogP contribution >= 0.6 is 0 Å². The molecule has 1 rings (SSSR count). The molecule has 0 saturated carbocycles. The molecule has 0 aromatic carbocycles. The fourth-order valence-corrected chi connectivity index (χ4v) is 1.62. The molecule has 5 atom stereocenters. The average Bonchev–Trinajstić information content (AvgIpc) is 2.29. The topological polar surface area (TPSA) is 90.2 Å². The maximum Gasteiger partial charge on any atom is 0.247 e. The van der Waals surface area contributed by atoms with E-state index in [-0.39, 0.29) is 0 Å². The number of ether oxygens (including phenoxy) is 1. The largest absolute Gasteiger partial charge is 0.388 e. The second-order valence-corrected chi connectivity index (χ2v) is 3.86. The first-order chi connectivity index (χ1) is 7.40. The number of amides is 1. The van der Waals surface area contributed by atoms with Gasteiger partial charge in [0.1, 0.15) is 18.3 Å². The van der Waals surface area contributed by atoms with Crippen LogP contribution in [0.25, 0.3) is 0 Å². The van der Waals surface area contributed by atoms with Gasteiger partial charge in [-0.2, -0.15) is 0 Å². The van der Waals surface area contributed by atoms with Crippen LogP contribution in [0.2, 0.25) is 0 Å². The lowest BCUT2D eigenvalue weighted by Gasteiger charge is -2.42. The Kier molecular flexibility index (Phi) is 4.03. The van der Waals surface area contributed by atoms with Crippen LogP contribution in [0.4, 0.5) is 0 Å². The van der Waals surface area contributed by atoms with Crippen LogP contribution in [0.3, 0.4) is 0 Å². The Morgan fingerprint density at radius 1 is 1.31 bits per heavy atom. The van der Waals surface area contributed by atoms with E-state index in [2.05, 4.69) is 6.58 Å². The first-order valence-corrected chi connectivity index (χ1v) is 4.99. The molecule has 1 aliphatic heterocycles. The molecule has 1 fully saturated rings. The predicted octanol–water partition coefficient (Wildman–Crippen LogP) is -1.54. The first-order valence-electron chi connectivity index (χ1n) is 4.99. The molecule has 0 unspecified atom stereocenters. The van der Waals surface area contributed by atoms with Crippen molar-refractivity contribution in [1.82, 2.24) is 4.90 Å². The number of carbonyl (C=O) groups excluding carboxylic acids is 1. The molecule has 1 saturated heterocycles. The highest BCUT2D eigenvalue weighted by atomic mass is 16.5. The minimum Gasteiger partial charge on any atom is -0.388 e. The van der Waals surface area contributed by atoms with Gasteiger partial charge in [-0.25, -0.2) is 0 Å². The van der Waals surface area contributed by atoms with Gasteiger partial charge in [0.05, 0.1) is 6.10 Å². The number of aliphatic hydroxyl groups excluding tert-OH is 3. The molecule has 1 amide bonds. The number of nitrogens with zero attached hydrogens (tertiary/aromatic N) is 1. The van der Waals surface area contributed by atoms with Gasteiger partial charge in [-0.15, -0.1) is 0 Å². The molecule has 3 N–H and O–H groups in total. The third-order valence-electron chi connectivity index (χ3n) is 2.73. The summed E-state index contributed by atoms with van der Waals surface area (Å²) < 4.78 is 5.26. The lowest BCUT2D eigenvalue weighted by molar-refractivity contribution is -0.248. The number of carbonyl (C=O) groups is 1. The van der Waals surface area contributed by atoms with Crippen molar-refractivity contribution < 1.29 is 24.9 Å². The van der Waals surface area contributed by atoms with E-state index in [4.69, 9.17) is 4.74 Å². The van der Waals surface area contributed by atoms with E-state index in [1.807, 2.05) is 0 Å². The van der Waals surface area contributed by atoms with E-state index in [9.17, 15) is 20.1 Å². The second kappa shape index (κ2) is 4.92. The van der Waals surface area contributed by atoms with E-state index < -0.39 is 36.6 Å². The molecule has 0 aromatic heterocycles. The Balaban J connectivity index is 2.81. The number of aliphatic hydroxyl groups is 3. The Morgan fingerprint density at radius 2 is 1.88 bits per heavy atom. The van der Waals surface area contributed by atoms with Gasteiger partial charge in [0.15, 0.2) is 6.23 Å². The second-order valence-electron chi connectivity index (χ2n) is 3.86. The van der Waals surface area contributed by atoms with Gasteiger partial charge >= 0.3 is 0 Å². The monoisotopic (exact) mass is 231 g/mol. The Labute approximate surface area is 93.7 Å². The van der Waals surface area contributed by atoms with Crippen LogP contribution in [-0.2, 0) is 9.53 Å². The van der Waals surface area contributed by atoms with Gasteiger partial charge in [0, 0.05) is 7.05 Å². The van der Waals surface area contributed by atoms with Gasteiger partial charge < -0.3 is 25.0 Å². The molecular formula is C10H17NO5. The fraction of sp³-hybridized carbons (Fsp3) is 0.700. The summed E-state index contributed by atoms with van der Waals surface area (Å²) >= 11 is 0. The summed E-state index contributed by atoms with van der Waals surface area (Å²) in [5, 5.41) is 28.7. The average molecular weight is 231 g/mol. The molecule has 0 aromatic rings. The molecule has 1 aliphatic rings. The number of hydrogen-bond acceptors (Lipinski definition) is 5. The van der Waals surface area contributed by atoms with Crippen molar-refractivity contribution in [2.45, 2.75) is 37.6 Å². The summed E-state index contributed by atoms with van der Waals surface area (Å²) in [7, 11) is 1.43. The fourth-order valence-electron chi connectivity index (χ4n) is 1.62. The van der Waals surface area contributed by atoms with Crippen molar-refractivity contribution in [2.24, 2.45) is 0 Å². The van der Waals surface area contributed by atoms with Crippen LogP contribution in [0.15, 0.2) is 12.7 Å². The lowest BCUT2D eigenvalue weighted by Crippen LogP contribution is -2.61. The van der Waals surface area contributed by atoms with Crippen LogP contribution < -0.4 is 0 Å². The van der Waals surface area contributed by atoms with Crippen LogP contribution in [0.5, 0.6) is 0 Å². The van der Waals surface area contributed by atoms with Crippen molar-refractivity contribution in [1.29, 1.82) is 0 Å². The number of rotatable bonds is 2. The molecular weight excluding hydrogens is 214 g/mol. The van der Waals surface area contributed by atoms with Crippen LogP contribution in [-0.4, -0.2) is 63.8 Å². The summed E-state index contributed by atoms with van der Waals surface area (Å²) in [6, 6.07) is 0. The number of hydrogen-bond donors (Lipinski definition) is 3. The Bertz CT molecular complexity index is 282. The molecule has 1 heterocycles. The molecule has 6 heteroatoms. The van der Waals surface area contributed by atoms with Gasteiger partial charge in [-0.05, 0) is 13.0 Å². The summed E-state index contributed by atoms with van der Waals surface area (Å²) in [6.07, 6.45) is -4.42. The Hall–Kier alpha value is -0.950. The van der Waals surface area contributed by atoms with Crippen molar-refractivity contribution in [3.8, 4) is 0 Å². The minimum absolute atomic E-state index is 0.431. The van der Waals surface area contributed by atoms with E-state index in [1.165, 1.54) is 7.05 Å². The van der Waals surface area contributed by atoms with Gasteiger partial charge in [0.25, 0.3) is 0 Å². The Morgan fingerprint density at radius 3 is 2.38 bits per heavy atom. The molecule has 0 aliphatic carbocycles. The van der Waals surface area contributed by atoms with Crippen molar-refractivity contribution >= 4 is 5.91 Å². The summed E-state index contributed by atoms with van der Waals surface area (Å²) in [6.45, 7) is 4.87. The molecule has 0 radical (unpaired) electrons. The standard InChI is InChI=1S/C10H17NO5/c1-4-6(12)11(3)10-9(15)8(14)7(13)5(2)16-10/h4-5,7-10,13-15H,1H2,2-3H3/t5-,7-,8+,9+,10-/m0/s1. The number of likely N-dealkylation sites (N-methyl/N-ethyl adjacent to an activating group) is 1. The van der Waals surface area contributed by atoms with Crippen molar-refractivity contribution in [2.75, 3.05) is 7.05 Å². The summed E-state index contributed by atoms with van der Waals surface area (Å²) in [4.78, 5) is 12.5. The third kappa shape index (κ3) is 2.25. The van der Waals surface area contributed by atoms with E-state index in [0.717, 1.165) is 11.0 Å². The van der Waals surface area contributed by atoms with Gasteiger partial charge in [-0.3, -0.25) is 4.79 Å². The molecule has 6 nitrogen and oxygen atoms in total. The zero-order chi connectivity index (χ0) is 12.5. The molecule has 0 bridgehead atoms. The molecule has 16 heavy (non-hydrogen) atoms. The van der Waals surface area contributed by atoms with E-state index in [0.29, 0.717) is 0 Å². The SMILES string of the molecule is C=CC(=O)N(C)[C@H]1O[C@@H](C)[C@H](O)[C@@H](O)[C@H]1O. The highest BCUT2D eigenvalue weighted by Crippen LogP contribution is 2.22.